The molecular weight excluding hydrogens is 326 g/mol. The summed E-state index contributed by atoms with van der Waals surface area (Å²) in [5, 5.41) is 16.3. The van der Waals surface area contributed by atoms with Gasteiger partial charge in [-0.25, -0.2) is 4.68 Å². The number of hydrogen-bond acceptors (Lipinski definition) is 6. The summed E-state index contributed by atoms with van der Waals surface area (Å²) in [6, 6.07) is 7.23. The van der Waals surface area contributed by atoms with Crippen molar-refractivity contribution in [2.45, 2.75) is 26.8 Å². The number of fused-ring (bicyclic) bond motifs is 1. The summed E-state index contributed by atoms with van der Waals surface area (Å²) in [4.78, 5) is 24.8. The monoisotopic (exact) mass is 343 g/mol. The highest BCUT2D eigenvalue weighted by molar-refractivity contribution is 7.13. The second kappa shape index (κ2) is 6.88. The molecule has 0 aliphatic heterocycles. The molecule has 2 aromatic heterocycles. The van der Waals surface area contributed by atoms with Crippen LogP contribution in [0.15, 0.2) is 34.6 Å². The van der Waals surface area contributed by atoms with E-state index in [0.717, 1.165) is 0 Å². The Morgan fingerprint density at radius 3 is 2.71 bits per heavy atom. The normalized spacial score (nSPS) is 11.1. The van der Waals surface area contributed by atoms with Crippen molar-refractivity contribution in [3.05, 3.63) is 45.8 Å². The van der Waals surface area contributed by atoms with Crippen LogP contribution in [0.5, 0.6) is 0 Å². The number of carbonyl (C=O) groups is 1. The molecule has 0 spiro atoms. The first-order chi connectivity index (χ1) is 11.5. The van der Waals surface area contributed by atoms with Crippen LogP contribution < -0.4 is 10.9 Å². The number of carbonyl (C=O) groups excluding carboxylic acids is 1. The van der Waals surface area contributed by atoms with Gasteiger partial charge in [0.2, 0.25) is 11.0 Å². The van der Waals surface area contributed by atoms with Crippen molar-refractivity contribution in [3.8, 4) is 0 Å². The molecule has 0 atom stereocenters. The minimum Gasteiger partial charge on any atom is -0.300 e. The maximum Gasteiger partial charge on any atom is 0.274 e. The fourth-order valence-corrected chi connectivity index (χ4v) is 2.91. The Labute approximate surface area is 142 Å². The predicted octanol–water partition coefficient (Wildman–Crippen LogP) is 2.09. The first kappa shape index (κ1) is 16.3. The van der Waals surface area contributed by atoms with E-state index in [1.807, 2.05) is 32.0 Å². The van der Waals surface area contributed by atoms with Gasteiger partial charge in [0, 0.05) is 11.9 Å². The van der Waals surface area contributed by atoms with Gasteiger partial charge in [-0.1, -0.05) is 43.4 Å². The lowest BCUT2D eigenvalue weighted by Crippen LogP contribution is -2.28. The van der Waals surface area contributed by atoms with Crippen LogP contribution in [-0.2, 0) is 17.8 Å². The molecule has 24 heavy (non-hydrogen) atoms. The molecule has 0 radical (unpaired) electrons. The van der Waals surface area contributed by atoms with Gasteiger partial charge < -0.3 is 5.32 Å². The predicted molar refractivity (Wildman–Crippen MR) is 93.1 cm³/mol. The quantitative estimate of drug-likeness (QED) is 0.766. The SMILES string of the molecule is CC(C)Cn1nc(CC(=O)Nc2nncs2)c2ccccc2c1=O. The molecule has 2 heterocycles. The number of benzene rings is 1. The van der Waals surface area contributed by atoms with Crippen LogP contribution in [0.3, 0.4) is 0 Å². The van der Waals surface area contributed by atoms with Crippen molar-refractivity contribution in [1.82, 2.24) is 20.0 Å². The van der Waals surface area contributed by atoms with Crippen molar-refractivity contribution in [3.63, 3.8) is 0 Å². The van der Waals surface area contributed by atoms with E-state index in [0.29, 0.717) is 28.1 Å². The van der Waals surface area contributed by atoms with E-state index in [-0.39, 0.29) is 23.8 Å². The summed E-state index contributed by atoms with van der Waals surface area (Å²) in [5.74, 6) is 0.0404. The fourth-order valence-electron chi connectivity index (χ4n) is 2.45. The summed E-state index contributed by atoms with van der Waals surface area (Å²) in [7, 11) is 0. The van der Waals surface area contributed by atoms with E-state index in [1.54, 1.807) is 11.6 Å². The first-order valence-corrected chi connectivity index (χ1v) is 8.47. The number of rotatable bonds is 5. The van der Waals surface area contributed by atoms with Crippen molar-refractivity contribution in [2.24, 2.45) is 5.92 Å². The fraction of sp³-hybridized carbons (Fsp3) is 0.312. The Hall–Kier alpha value is -2.61. The van der Waals surface area contributed by atoms with Crippen molar-refractivity contribution >= 4 is 33.1 Å². The second-order valence-corrected chi connectivity index (χ2v) is 6.68. The molecule has 1 N–H and O–H groups in total. The zero-order valence-electron chi connectivity index (χ0n) is 13.4. The van der Waals surface area contributed by atoms with E-state index in [2.05, 4.69) is 20.6 Å². The van der Waals surface area contributed by atoms with Gasteiger partial charge in [-0.3, -0.25) is 9.59 Å². The summed E-state index contributed by atoms with van der Waals surface area (Å²) in [6.07, 6.45) is 0.0679. The van der Waals surface area contributed by atoms with Crippen LogP contribution in [0, 0.1) is 5.92 Å². The summed E-state index contributed by atoms with van der Waals surface area (Å²) >= 11 is 1.25. The van der Waals surface area contributed by atoms with Gasteiger partial charge in [-0.05, 0) is 12.0 Å². The van der Waals surface area contributed by atoms with Crippen LogP contribution in [0.1, 0.15) is 19.5 Å². The van der Waals surface area contributed by atoms with Crippen molar-refractivity contribution < 1.29 is 4.79 Å². The average Bonchev–Trinajstić information content (AvgIpc) is 3.04. The summed E-state index contributed by atoms with van der Waals surface area (Å²) < 4.78 is 1.45. The van der Waals surface area contributed by atoms with Gasteiger partial charge >= 0.3 is 0 Å². The molecule has 0 bridgehead atoms. The maximum atomic E-state index is 12.5. The van der Waals surface area contributed by atoms with Crippen LogP contribution >= 0.6 is 11.3 Å². The molecule has 0 aliphatic rings. The molecule has 124 valence electrons. The lowest BCUT2D eigenvalue weighted by atomic mass is 10.1. The summed E-state index contributed by atoms with van der Waals surface area (Å²) in [6.45, 7) is 4.55. The van der Waals surface area contributed by atoms with Gasteiger partial charge in [-0.15, -0.1) is 10.2 Å². The zero-order chi connectivity index (χ0) is 17.1. The molecular formula is C16H17N5O2S. The van der Waals surface area contributed by atoms with E-state index >= 15 is 0 Å². The molecule has 3 aromatic rings. The van der Waals surface area contributed by atoms with Crippen LogP contribution in [0.25, 0.3) is 10.8 Å². The molecule has 7 nitrogen and oxygen atoms in total. The molecule has 0 fully saturated rings. The largest absolute Gasteiger partial charge is 0.300 e. The minimum atomic E-state index is -0.237. The third kappa shape index (κ3) is 3.48. The van der Waals surface area contributed by atoms with Crippen molar-refractivity contribution in [1.29, 1.82) is 0 Å². The third-order valence-electron chi connectivity index (χ3n) is 3.42. The molecule has 1 aromatic carbocycles. The molecule has 0 saturated heterocycles. The van der Waals surface area contributed by atoms with Gasteiger partial charge in [0.1, 0.15) is 5.51 Å². The Kier molecular flexibility index (Phi) is 4.66. The van der Waals surface area contributed by atoms with Gasteiger partial charge in [0.15, 0.2) is 0 Å². The van der Waals surface area contributed by atoms with E-state index < -0.39 is 0 Å². The van der Waals surface area contributed by atoms with Gasteiger partial charge in [-0.2, -0.15) is 5.10 Å². The lowest BCUT2D eigenvalue weighted by molar-refractivity contribution is -0.115. The number of aromatic nitrogens is 4. The standard InChI is InChI=1S/C16H17N5O2S/c1-10(2)8-21-15(23)12-6-4-3-5-11(12)13(20-21)7-14(22)18-16-19-17-9-24-16/h3-6,9-10H,7-8H2,1-2H3,(H,18,19,22). The van der Waals surface area contributed by atoms with E-state index in [1.165, 1.54) is 16.0 Å². The molecule has 0 unspecified atom stereocenters. The molecule has 0 aliphatic carbocycles. The number of amides is 1. The Bertz CT molecular complexity index is 918. The van der Waals surface area contributed by atoms with Crippen LogP contribution in [0.4, 0.5) is 5.13 Å². The first-order valence-electron chi connectivity index (χ1n) is 7.59. The van der Waals surface area contributed by atoms with E-state index in [9.17, 15) is 9.59 Å². The second-order valence-electron chi connectivity index (χ2n) is 5.84. The number of nitrogens with one attached hydrogen (secondary N) is 1. The minimum absolute atomic E-state index is 0.0679. The number of anilines is 1. The van der Waals surface area contributed by atoms with Crippen LogP contribution in [-0.4, -0.2) is 25.9 Å². The smallest absolute Gasteiger partial charge is 0.274 e. The molecule has 3 rings (SSSR count). The summed E-state index contributed by atoms with van der Waals surface area (Å²) in [5.41, 5.74) is 1.99. The highest BCUT2D eigenvalue weighted by Gasteiger charge is 2.15. The van der Waals surface area contributed by atoms with E-state index in [4.69, 9.17) is 0 Å². The van der Waals surface area contributed by atoms with Gasteiger partial charge in [0.05, 0.1) is 17.5 Å². The highest BCUT2D eigenvalue weighted by atomic mass is 32.1. The maximum absolute atomic E-state index is 12.5. The molecule has 0 saturated carbocycles. The topological polar surface area (TPSA) is 89.8 Å². The Morgan fingerprint density at radius 2 is 2.04 bits per heavy atom. The third-order valence-corrected chi connectivity index (χ3v) is 4.02. The molecule has 8 heteroatoms. The zero-order valence-corrected chi connectivity index (χ0v) is 14.2. The van der Waals surface area contributed by atoms with Crippen LogP contribution in [0.2, 0.25) is 0 Å². The lowest BCUT2D eigenvalue weighted by Gasteiger charge is -2.12. The molecule has 1 amide bonds. The Morgan fingerprint density at radius 1 is 1.29 bits per heavy atom. The van der Waals surface area contributed by atoms with Crippen molar-refractivity contribution in [2.75, 3.05) is 5.32 Å². The van der Waals surface area contributed by atoms with Gasteiger partial charge in [0.25, 0.3) is 5.56 Å². The number of nitrogens with zero attached hydrogens (tertiary/aromatic N) is 4. The average molecular weight is 343 g/mol. The highest BCUT2D eigenvalue weighted by Crippen LogP contribution is 2.15. The number of hydrogen-bond donors (Lipinski definition) is 1. The Balaban J connectivity index is 1.98.